The van der Waals surface area contributed by atoms with E-state index in [9.17, 15) is 0 Å². The predicted octanol–water partition coefficient (Wildman–Crippen LogP) is 3.50. The molecule has 23 heavy (non-hydrogen) atoms. The topological polar surface area (TPSA) is 55.0 Å². The average molecular weight is 353 g/mol. The Morgan fingerprint density at radius 2 is 1.91 bits per heavy atom. The van der Waals surface area contributed by atoms with E-state index in [2.05, 4.69) is 51.3 Å². The summed E-state index contributed by atoms with van der Waals surface area (Å²) in [6.45, 7) is 4.65. The van der Waals surface area contributed by atoms with Crippen LogP contribution in [-0.2, 0) is 6.54 Å². The fourth-order valence-electron chi connectivity index (χ4n) is 2.64. The van der Waals surface area contributed by atoms with E-state index in [0.29, 0.717) is 5.82 Å². The highest BCUT2D eigenvalue weighted by Crippen LogP contribution is 2.23. The predicted molar refractivity (Wildman–Crippen MR) is 100.0 cm³/mol. The van der Waals surface area contributed by atoms with Crippen LogP contribution < -0.4 is 5.73 Å². The highest BCUT2D eigenvalue weighted by Gasteiger charge is 2.14. The second kappa shape index (κ2) is 8.87. The third kappa shape index (κ3) is 4.93. The lowest BCUT2D eigenvalue weighted by atomic mass is 9.99. The summed E-state index contributed by atoms with van der Waals surface area (Å²) in [4.78, 5) is 10.8. The molecule has 0 unspecified atom stereocenters. The van der Waals surface area contributed by atoms with Crippen molar-refractivity contribution in [3.63, 3.8) is 0 Å². The fraction of sp³-hybridized carbons (Fsp3) is 0.294. The first kappa shape index (κ1) is 19.4. The monoisotopic (exact) mass is 352 g/mol. The lowest BCUT2D eigenvalue weighted by Gasteiger charge is -2.26. The van der Waals surface area contributed by atoms with E-state index >= 15 is 0 Å². The summed E-state index contributed by atoms with van der Waals surface area (Å²) in [5.41, 5.74) is 9.73. The molecule has 1 aliphatic rings. The van der Waals surface area contributed by atoms with Gasteiger partial charge in [0.25, 0.3) is 0 Å². The molecule has 1 aromatic heterocycles. The van der Waals surface area contributed by atoms with Crippen molar-refractivity contribution in [1.82, 2.24) is 14.9 Å². The number of rotatable bonds is 3. The summed E-state index contributed by atoms with van der Waals surface area (Å²) >= 11 is 0. The molecule has 2 heterocycles. The quantitative estimate of drug-likeness (QED) is 0.918. The van der Waals surface area contributed by atoms with Gasteiger partial charge in [-0.3, -0.25) is 4.90 Å². The highest BCUT2D eigenvalue weighted by molar-refractivity contribution is 5.85. The fourth-order valence-corrected chi connectivity index (χ4v) is 2.64. The van der Waals surface area contributed by atoms with E-state index in [1.165, 1.54) is 11.1 Å². The van der Waals surface area contributed by atoms with Crippen LogP contribution in [-0.4, -0.2) is 28.0 Å². The number of nitrogens with zero attached hydrogens (tertiary/aromatic N) is 3. The van der Waals surface area contributed by atoms with Crippen molar-refractivity contribution in [2.75, 3.05) is 18.8 Å². The Bertz CT molecular complexity index is 659. The summed E-state index contributed by atoms with van der Waals surface area (Å²) in [7, 11) is 0. The molecule has 0 radical (unpaired) electrons. The van der Waals surface area contributed by atoms with E-state index in [1.54, 1.807) is 0 Å². The maximum absolute atomic E-state index is 5.96. The van der Waals surface area contributed by atoms with Gasteiger partial charge in [0.2, 0.25) is 0 Å². The largest absolute Gasteiger partial charge is 0.383 e. The number of nitrogen functional groups attached to an aromatic ring is 1. The third-order valence-corrected chi connectivity index (χ3v) is 3.85. The lowest BCUT2D eigenvalue weighted by molar-refractivity contribution is 0.293. The molecule has 0 aliphatic carbocycles. The zero-order chi connectivity index (χ0) is 14.7. The van der Waals surface area contributed by atoms with Crippen molar-refractivity contribution in [2.24, 2.45) is 0 Å². The summed E-state index contributed by atoms with van der Waals surface area (Å²) in [6.07, 6.45) is 5.22. The smallest absolute Gasteiger partial charge is 0.131 e. The number of aromatic nitrogens is 2. The number of aryl methyl sites for hydroxylation is 1. The van der Waals surface area contributed by atoms with Crippen molar-refractivity contribution >= 4 is 36.2 Å². The van der Waals surface area contributed by atoms with Crippen LogP contribution in [0.3, 0.4) is 0 Å². The Labute approximate surface area is 149 Å². The number of nitrogens with two attached hydrogens (primary N) is 1. The third-order valence-electron chi connectivity index (χ3n) is 3.85. The molecule has 0 bridgehead atoms. The first-order valence-corrected chi connectivity index (χ1v) is 7.27. The van der Waals surface area contributed by atoms with Gasteiger partial charge in [0.05, 0.1) is 0 Å². The SMILES string of the molecule is Cc1ncc(CN2CC=C(c3ccccc3)CC2)c(N)n1.Cl.Cl. The van der Waals surface area contributed by atoms with Crippen LogP contribution in [0, 0.1) is 6.92 Å². The van der Waals surface area contributed by atoms with Crippen molar-refractivity contribution < 1.29 is 0 Å². The molecule has 4 nitrogen and oxygen atoms in total. The van der Waals surface area contributed by atoms with E-state index in [1.807, 2.05) is 13.1 Å². The first-order chi connectivity index (χ1) is 10.2. The van der Waals surface area contributed by atoms with Crippen molar-refractivity contribution in [2.45, 2.75) is 19.9 Å². The average Bonchev–Trinajstić information content (AvgIpc) is 2.52. The van der Waals surface area contributed by atoms with Gasteiger partial charge in [-0.1, -0.05) is 36.4 Å². The highest BCUT2D eigenvalue weighted by atomic mass is 35.5. The van der Waals surface area contributed by atoms with E-state index < -0.39 is 0 Å². The summed E-state index contributed by atoms with van der Waals surface area (Å²) in [5.74, 6) is 1.32. The molecule has 124 valence electrons. The minimum absolute atomic E-state index is 0. The molecule has 0 amide bonds. The number of benzene rings is 1. The molecule has 3 rings (SSSR count). The number of hydrogen-bond acceptors (Lipinski definition) is 4. The molecule has 2 aromatic rings. The molecule has 0 atom stereocenters. The van der Waals surface area contributed by atoms with Gasteiger partial charge in [0, 0.05) is 31.4 Å². The molecule has 0 saturated carbocycles. The molecule has 2 N–H and O–H groups in total. The number of halogens is 2. The Morgan fingerprint density at radius 3 is 2.52 bits per heavy atom. The van der Waals surface area contributed by atoms with Crippen molar-refractivity contribution in [3.05, 3.63) is 59.6 Å². The summed E-state index contributed by atoms with van der Waals surface area (Å²) in [5, 5.41) is 0. The Morgan fingerprint density at radius 1 is 1.17 bits per heavy atom. The maximum atomic E-state index is 5.96. The second-order valence-electron chi connectivity index (χ2n) is 5.41. The molecule has 6 heteroatoms. The zero-order valence-electron chi connectivity index (χ0n) is 13.1. The molecular weight excluding hydrogens is 331 g/mol. The van der Waals surface area contributed by atoms with Gasteiger partial charge in [-0.25, -0.2) is 9.97 Å². The van der Waals surface area contributed by atoms with Gasteiger partial charge in [-0.05, 0) is 24.5 Å². The second-order valence-corrected chi connectivity index (χ2v) is 5.41. The van der Waals surface area contributed by atoms with E-state index in [4.69, 9.17) is 5.73 Å². The van der Waals surface area contributed by atoms with Crippen LogP contribution in [0.5, 0.6) is 0 Å². The maximum Gasteiger partial charge on any atom is 0.131 e. The van der Waals surface area contributed by atoms with Gasteiger partial charge in [-0.2, -0.15) is 0 Å². The molecule has 1 aliphatic heterocycles. The van der Waals surface area contributed by atoms with Crippen molar-refractivity contribution in [3.8, 4) is 0 Å². The Kier molecular flexibility index (Phi) is 7.49. The van der Waals surface area contributed by atoms with Gasteiger partial charge in [0.15, 0.2) is 0 Å². The van der Waals surface area contributed by atoms with Gasteiger partial charge in [-0.15, -0.1) is 24.8 Å². The minimum Gasteiger partial charge on any atom is -0.383 e. The van der Waals surface area contributed by atoms with Crippen LogP contribution in [0.15, 0.2) is 42.6 Å². The van der Waals surface area contributed by atoms with Gasteiger partial charge in [0.1, 0.15) is 11.6 Å². The van der Waals surface area contributed by atoms with Crippen LogP contribution in [0.1, 0.15) is 23.4 Å². The molecule has 0 fully saturated rings. The molecule has 1 aromatic carbocycles. The van der Waals surface area contributed by atoms with Gasteiger partial charge >= 0.3 is 0 Å². The number of hydrogen-bond donors (Lipinski definition) is 1. The van der Waals surface area contributed by atoms with E-state index in [-0.39, 0.29) is 24.8 Å². The van der Waals surface area contributed by atoms with Crippen LogP contribution in [0.2, 0.25) is 0 Å². The summed E-state index contributed by atoms with van der Waals surface area (Å²) in [6, 6.07) is 10.6. The standard InChI is InChI=1S/C17H20N4.2ClH/c1-13-19-11-16(17(18)20-13)12-21-9-7-15(8-10-21)14-5-3-2-4-6-14;;/h2-7,11H,8-10,12H2,1H3,(H2,18,19,20);2*1H. The summed E-state index contributed by atoms with van der Waals surface area (Å²) < 4.78 is 0. The number of anilines is 1. The van der Waals surface area contributed by atoms with Crippen molar-refractivity contribution in [1.29, 1.82) is 0 Å². The zero-order valence-corrected chi connectivity index (χ0v) is 14.7. The molecule has 0 saturated heterocycles. The Balaban J connectivity index is 0.00000132. The molecule has 0 spiro atoms. The van der Waals surface area contributed by atoms with Gasteiger partial charge < -0.3 is 5.73 Å². The normalized spacial score (nSPS) is 14.4. The molecular formula is C17H22Cl2N4. The van der Waals surface area contributed by atoms with Crippen LogP contribution in [0.25, 0.3) is 5.57 Å². The lowest BCUT2D eigenvalue weighted by Crippen LogP contribution is -2.28. The van der Waals surface area contributed by atoms with Crippen LogP contribution >= 0.6 is 24.8 Å². The minimum atomic E-state index is 0. The van der Waals surface area contributed by atoms with E-state index in [0.717, 1.165) is 37.4 Å². The van der Waals surface area contributed by atoms with Crippen LogP contribution in [0.4, 0.5) is 5.82 Å². The Hall–Kier alpha value is -1.62. The first-order valence-electron chi connectivity index (χ1n) is 7.27.